The molecule has 2 unspecified atom stereocenters. The van der Waals surface area contributed by atoms with Gasteiger partial charge in [0.1, 0.15) is 35.1 Å². The predicted molar refractivity (Wildman–Crippen MR) is 218 cm³/mol. The number of halogens is 5. The van der Waals surface area contributed by atoms with Crippen molar-refractivity contribution in [3.8, 4) is 11.3 Å². The number of hydrogen-bond acceptors (Lipinski definition) is 6. The fraction of sp³-hybridized carbons (Fsp3) is 0.319. The van der Waals surface area contributed by atoms with E-state index >= 15 is 4.39 Å². The Balaban J connectivity index is 1.05. The standard InChI is InChI=1S/C47H46F5N5O4/c1-27(2)18-42-46(59)53-40(25-56(42)24-34-23-44(61-55-34)31-10-13-32(48)14-11-31)36-16-8-29(21-39(36)52)19-28(3)20-43-47(60)54-41(35-6-4-5-7-37(35)50)26-57(43)45(58)17-12-30-9-15-33(49)22-38(30)51/h4-17,21-23,27-28,40-43H,18-20,24-26H2,1-3H3,(H,53,59)(H,54,60)/b17-12+/t28?,40-,41-,42+,43?/m1/s1. The summed E-state index contributed by atoms with van der Waals surface area (Å²) < 4.78 is 77.9. The summed E-state index contributed by atoms with van der Waals surface area (Å²) >= 11 is 0. The molecule has 61 heavy (non-hydrogen) atoms. The van der Waals surface area contributed by atoms with Crippen LogP contribution in [0.2, 0.25) is 0 Å². The second-order valence-electron chi connectivity index (χ2n) is 16.3. The van der Waals surface area contributed by atoms with Gasteiger partial charge in [0.15, 0.2) is 5.76 Å². The lowest BCUT2D eigenvalue weighted by Crippen LogP contribution is -2.58. The Morgan fingerprint density at radius 1 is 0.770 bits per heavy atom. The molecule has 3 heterocycles. The molecule has 1 aromatic heterocycles. The molecule has 0 radical (unpaired) electrons. The van der Waals surface area contributed by atoms with Crippen LogP contribution in [0.4, 0.5) is 22.0 Å². The van der Waals surface area contributed by atoms with Gasteiger partial charge in [-0.25, -0.2) is 22.0 Å². The minimum atomic E-state index is -0.990. The highest BCUT2D eigenvalue weighted by Gasteiger charge is 2.39. The monoisotopic (exact) mass is 839 g/mol. The number of nitrogens with one attached hydrogen (secondary N) is 2. The third-order valence-corrected chi connectivity index (χ3v) is 11.2. The average molecular weight is 840 g/mol. The highest BCUT2D eigenvalue weighted by Crippen LogP contribution is 2.31. The van der Waals surface area contributed by atoms with E-state index in [1.807, 2.05) is 25.7 Å². The van der Waals surface area contributed by atoms with E-state index in [1.54, 1.807) is 36.4 Å². The van der Waals surface area contributed by atoms with Crippen LogP contribution >= 0.6 is 0 Å². The zero-order chi connectivity index (χ0) is 43.4. The molecule has 2 aliphatic heterocycles. The van der Waals surface area contributed by atoms with Crippen molar-refractivity contribution >= 4 is 23.8 Å². The van der Waals surface area contributed by atoms with Crippen LogP contribution in [0.15, 0.2) is 102 Å². The fourth-order valence-corrected chi connectivity index (χ4v) is 8.17. The Kier molecular flexibility index (Phi) is 13.1. The second kappa shape index (κ2) is 18.6. The Morgan fingerprint density at radius 2 is 1.46 bits per heavy atom. The van der Waals surface area contributed by atoms with Gasteiger partial charge < -0.3 is 20.1 Å². The largest absolute Gasteiger partial charge is 0.356 e. The highest BCUT2D eigenvalue weighted by molar-refractivity contribution is 5.96. The number of aromatic nitrogens is 1. The first-order valence-corrected chi connectivity index (χ1v) is 20.2. The van der Waals surface area contributed by atoms with Gasteiger partial charge in [-0.2, -0.15) is 0 Å². The molecule has 2 aliphatic rings. The normalized spacial score (nSPS) is 20.2. The predicted octanol–water partition coefficient (Wildman–Crippen LogP) is 8.48. The second-order valence-corrected chi connectivity index (χ2v) is 16.3. The summed E-state index contributed by atoms with van der Waals surface area (Å²) in [4.78, 5) is 44.2. The molecular weight excluding hydrogens is 794 g/mol. The molecule has 3 amide bonds. The van der Waals surface area contributed by atoms with E-state index in [0.717, 1.165) is 12.1 Å². The molecular formula is C47H46F5N5O4. The maximum absolute atomic E-state index is 16.1. The molecule has 2 N–H and O–H groups in total. The average Bonchev–Trinajstić information content (AvgIpc) is 3.68. The van der Waals surface area contributed by atoms with E-state index in [0.29, 0.717) is 53.6 Å². The Labute approximate surface area is 350 Å². The van der Waals surface area contributed by atoms with Crippen molar-refractivity contribution in [1.82, 2.24) is 25.6 Å². The molecule has 14 heteroatoms. The van der Waals surface area contributed by atoms with Gasteiger partial charge in [-0.15, -0.1) is 0 Å². The number of piperazine rings is 2. The van der Waals surface area contributed by atoms with Crippen LogP contribution in [0.5, 0.6) is 0 Å². The van der Waals surface area contributed by atoms with E-state index < -0.39 is 59.3 Å². The lowest BCUT2D eigenvalue weighted by Gasteiger charge is -2.40. The van der Waals surface area contributed by atoms with Crippen molar-refractivity contribution in [3.05, 3.63) is 154 Å². The third kappa shape index (κ3) is 10.2. The topological polar surface area (TPSA) is 108 Å². The van der Waals surface area contributed by atoms with Crippen molar-refractivity contribution in [2.24, 2.45) is 11.8 Å². The van der Waals surface area contributed by atoms with Crippen molar-refractivity contribution in [1.29, 1.82) is 0 Å². The molecule has 318 valence electrons. The summed E-state index contributed by atoms with van der Waals surface area (Å²) in [5, 5.41) is 10.1. The van der Waals surface area contributed by atoms with Crippen LogP contribution in [0, 0.1) is 40.9 Å². The zero-order valence-corrected chi connectivity index (χ0v) is 33.9. The fourth-order valence-electron chi connectivity index (χ4n) is 8.17. The number of benzene rings is 4. The van der Waals surface area contributed by atoms with Crippen LogP contribution in [0.3, 0.4) is 0 Å². The first-order chi connectivity index (χ1) is 29.2. The van der Waals surface area contributed by atoms with Gasteiger partial charge in [0.2, 0.25) is 17.7 Å². The molecule has 4 aromatic carbocycles. The number of carbonyl (C=O) groups excluding carboxylic acids is 3. The molecule has 0 spiro atoms. The number of nitrogens with zero attached hydrogens (tertiary/aromatic N) is 3. The number of rotatable bonds is 13. The van der Waals surface area contributed by atoms with E-state index in [4.69, 9.17) is 4.52 Å². The van der Waals surface area contributed by atoms with Crippen molar-refractivity contribution in [3.63, 3.8) is 0 Å². The number of amides is 3. The Bertz CT molecular complexity index is 2420. The van der Waals surface area contributed by atoms with Crippen molar-refractivity contribution in [2.45, 2.75) is 70.7 Å². The first-order valence-electron chi connectivity index (χ1n) is 20.2. The summed E-state index contributed by atoms with van der Waals surface area (Å²) in [6.07, 6.45) is 3.37. The molecule has 0 saturated carbocycles. The van der Waals surface area contributed by atoms with Gasteiger partial charge in [0, 0.05) is 60.1 Å². The number of hydrogen-bond donors (Lipinski definition) is 2. The van der Waals surface area contributed by atoms with Crippen LogP contribution < -0.4 is 10.6 Å². The quantitative estimate of drug-likeness (QED) is 0.0911. The van der Waals surface area contributed by atoms with Gasteiger partial charge in [-0.05, 0) is 91.3 Å². The van der Waals surface area contributed by atoms with Crippen molar-refractivity contribution < 1.29 is 40.9 Å². The van der Waals surface area contributed by atoms with Crippen molar-refractivity contribution in [2.75, 3.05) is 13.1 Å². The molecule has 7 rings (SSSR count). The molecule has 2 fully saturated rings. The van der Waals surface area contributed by atoms with Gasteiger partial charge >= 0.3 is 0 Å². The summed E-state index contributed by atoms with van der Waals surface area (Å²) in [5.41, 5.74) is 2.33. The Morgan fingerprint density at radius 3 is 2.16 bits per heavy atom. The SMILES string of the molecule is CC(C)C[C@H]1C(=O)N[C@@H](c2ccc(CC(C)CC3C(=O)N[C@@H](c4ccccc4F)CN3C(=O)/C=C/c3ccc(F)cc3F)cc2F)CN1Cc1cc(-c2ccc(F)cc2)on1. The Hall–Kier alpha value is -6.15. The minimum Gasteiger partial charge on any atom is -0.356 e. The zero-order valence-electron chi connectivity index (χ0n) is 33.9. The maximum Gasteiger partial charge on any atom is 0.247 e. The molecule has 5 atom stereocenters. The van der Waals surface area contributed by atoms with Gasteiger partial charge in [-0.1, -0.05) is 56.3 Å². The number of carbonyl (C=O) groups is 3. The lowest BCUT2D eigenvalue weighted by molar-refractivity contribution is -0.142. The minimum absolute atomic E-state index is 0.0276. The molecule has 0 aliphatic carbocycles. The summed E-state index contributed by atoms with van der Waals surface area (Å²) in [5.74, 6) is -4.05. The van der Waals surface area contributed by atoms with Crippen LogP contribution in [-0.4, -0.2) is 57.9 Å². The van der Waals surface area contributed by atoms with E-state index in [1.165, 1.54) is 53.4 Å². The lowest BCUT2D eigenvalue weighted by atomic mass is 9.89. The van der Waals surface area contributed by atoms with Crippen LogP contribution in [0.25, 0.3) is 17.4 Å². The maximum atomic E-state index is 16.1. The molecule has 0 bridgehead atoms. The van der Waals surface area contributed by atoms with Gasteiger partial charge in [-0.3, -0.25) is 19.3 Å². The van der Waals surface area contributed by atoms with E-state index in [2.05, 4.69) is 15.8 Å². The van der Waals surface area contributed by atoms with Crippen LogP contribution in [-0.2, 0) is 27.3 Å². The van der Waals surface area contributed by atoms with Gasteiger partial charge in [0.25, 0.3) is 0 Å². The highest BCUT2D eigenvalue weighted by atomic mass is 19.1. The smallest absolute Gasteiger partial charge is 0.247 e. The molecule has 2 saturated heterocycles. The third-order valence-electron chi connectivity index (χ3n) is 11.2. The first kappa shape index (κ1) is 43.0. The molecule has 5 aromatic rings. The van der Waals surface area contributed by atoms with Gasteiger partial charge in [0.05, 0.1) is 23.8 Å². The van der Waals surface area contributed by atoms with Crippen LogP contribution in [0.1, 0.15) is 73.6 Å². The summed E-state index contributed by atoms with van der Waals surface area (Å²) in [6.45, 7) is 6.40. The van der Waals surface area contributed by atoms with E-state index in [-0.39, 0.29) is 54.2 Å². The molecule has 9 nitrogen and oxygen atoms in total. The summed E-state index contributed by atoms with van der Waals surface area (Å²) in [7, 11) is 0. The van der Waals surface area contributed by atoms with E-state index in [9.17, 15) is 31.9 Å². The summed E-state index contributed by atoms with van der Waals surface area (Å²) in [6, 6.07) is 18.3.